The average Bonchev–Trinajstić information content (AvgIpc) is 3.51. The largest absolute Gasteiger partial charge is 0.872 e. The van der Waals surface area contributed by atoms with Gasteiger partial charge in [-0.1, -0.05) is 47.7 Å². The van der Waals surface area contributed by atoms with Crippen molar-refractivity contribution < 1.29 is 28.8 Å². The topological polar surface area (TPSA) is 97.0 Å². The number of amides is 1. The van der Waals surface area contributed by atoms with Crippen molar-refractivity contribution in [3.63, 3.8) is 0 Å². The first kappa shape index (κ1) is 23.1. The lowest BCUT2D eigenvalue weighted by atomic mass is 9.99. The van der Waals surface area contributed by atoms with Crippen molar-refractivity contribution in [2.24, 2.45) is 0 Å². The lowest BCUT2D eigenvalue weighted by Gasteiger charge is -2.25. The Balaban J connectivity index is 1.43. The van der Waals surface area contributed by atoms with Crippen molar-refractivity contribution in [2.45, 2.75) is 26.1 Å². The maximum Gasteiger partial charge on any atom is 0.295 e. The molecule has 1 atom stereocenters. The number of nitrogens with zero attached hydrogens (tertiary/aromatic N) is 1. The summed E-state index contributed by atoms with van der Waals surface area (Å²) in [6.45, 7) is 2.57. The first-order valence-electron chi connectivity index (χ1n) is 11.5. The van der Waals surface area contributed by atoms with Crippen LogP contribution in [0.2, 0.25) is 0 Å². The highest BCUT2D eigenvalue weighted by Crippen LogP contribution is 2.39. The van der Waals surface area contributed by atoms with Gasteiger partial charge in [0.2, 0.25) is 5.78 Å². The second-order valence-electron chi connectivity index (χ2n) is 8.63. The van der Waals surface area contributed by atoms with E-state index in [1.807, 2.05) is 43.3 Å². The summed E-state index contributed by atoms with van der Waals surface area (Å²) in [5, 5.41) is 13.5. The molecular weight excluding hydrogens is 456 g/mol. The highest BCUT2D eigenvalue weighted by atomic mass is 16.5. The van der Waals surface area contributed by atoms with Gasteiger partial charge < -0.3 is 19.2 Å². The molecule has 4 aromatic rings. The predicted octanol–water partition coefficient (Wildman–Crippen LogP) is 3.41. The van der Waals surface area contributed by atoms with Crippen molar-refractivity contribution >= 4 is 17.4 Å². The van der Waals surface area contributed by atoms with Gasteiger partial charge in [-0.25, -0.2) is 4.98 Å². The Bertz CT molecular complexity index is 1410. The molecule has 3 heterocycles. The highest BCUT2D eigenvalue weighted by molar-refractivity contribution is 6.46. The molecule has 0 bridgehead atoms. The van der Waals surface area contributed by atoms with Crippen molar-refractivity contribution in [1.82, 2.24) is 4.90 Å². The third-order valence-electron chi connectivity index (χ3n) is 6.09. The smallest absolute Gasteiger partial charge is 0.295 e. The Morgan fingerprint density at radius 1 is 1.00 bits per heavy atom. The fraction of sp³-hybridized carbons (Fsp3) is 0.138. The molecule has 7 nitrogen and oxygen atoms in total. The lowest BCUT2D eigenvalue weighted by Crippen LogP contribution is -2.29. The SMILES string of the molecule is Cc1cccc(COc2ccc(C([O-])=C3C(=O)C(=O)N(Cc4cc[nH+]cc4)C3c3ccco3)cc2)c1. The molecule has 0 aliphatic carbocycles. The Kier molecular flexibility index (Phi) is 6.36. The van der Waals surface area contributed by atoms with Crippen LogP contribution in [-0.2, 0) is 22.7 Å². The molecule has 0 spiro atoms. The van der Waals surface area contributed by atoms with Crippen molar-refractivity contribution in [1.29, 1.82) is 0 Å². The number of carbonyl (C=O) groups excluding carboxylic acids is 2. The number of benzene rings is 2. The van der Waals surface area contributed by atoms with Crippen LogP contribution in [-0.4, -0.2) is 16.6 Å². The van der Waals surface area contributed by atoms with Crippen LogP contribution in [0, 0.1) is 6.92 Å². The van der Waals surface area contributed by atoms with E-state index in [4.69, 9.17) is 9.15 Å². The van der Waals surface area contributed by atoms with Gasteiger partial charge in [0.05, 0.1) is 6.26 Å². The summed E-state index contributed by atoms with van der Waals surface area (Å²) in [6, 6.07) is 20.7. The lowest BCUT2D eigenvalue weighted by molar-refractivity contribution is -0.378. The molecule has 2 aromatic carbocycles. The van der Waals surface area contributed by atoms with Crippen LogP contribution >= 0.6 is 0 Å². The van der Waals surface area contributed by atoms with Crippen LogP contribution in [0.25, 0.3) is 5.76 Å². The number of carbonyl (C=O) groups is 2. The Morgan fingerprint density at radius 2 is 1.78 bits per heavy atom. The van der Waals surface area contributed by atoms with Gasteiger partial charge in [0, 0.05) is 24.3 Å². The summed E-state index contributed by atoms with van der Waals surface area (Å²) in [5.74, 6) is -1.10. The summed E-state index contributed by atoms with van der Waals surface area (Å²) in [7, 11) is 0. The Labute approximate surface area is 208 Å². The molecule has 7 heteroatoms. The molecule has 0 radical (unpaired) electrons. The van der Waals surface area contributed by atoms with Gasteiger partial charge in [0.1, 0.15) is 24.2 Å². The number of aromatic amines is 1. The minimum absolute atomic E-state index is 0.120. The second kappa shape index (κ2) is 9.92. The van der Waals surface area contributed by atoms with E-state index in [1.165, 1.54) is 11.2 Å². The number of pyridine rings is 1. The first-order valence-corrected chi connectivity index (χ1v) is 11.5. The third-order valence-corrected chi connectivity index (χ3v) is 6.09. The molecular formula is C29H24N2O5. The van der Waals surface area contributed by atoms with Crippen LogP contribution in [0.5, 0.6) is 5.75 Å². The summed E-state index contributed by atoms with van der Waals surface area (Å²) in [4.78, 5) is 30.4. The maximum atomic E-state index is 13.5. The fourth-order valence-electron chi connectivity index (χ4n) is 4.33. The van der Waals surface area contributed by atoms with Gasteiger partial charge in [0.25, 0.3) is 5.91 Å². The Morgan fingerprint density at radius 3 is 2.47 bits per heavy atom. The molecule has 2 aromatic heterocycles. The number of hydrogen-bond acceptors (Lipinski definition) is 5. The molecule has 180 valence electrons. The minimum Gasteiger partial charge on any atom is -0.872 e. The number of ketones is 1. The number of H-pyrrole nitrogens is 1. The van der Waals surface area contributed by atoms with Gasteiger partial charge in [-0.2, -0.15) is 0 Å². The van der Waals surface area contributed by atoms with Crippen LogP contribution in [0.15, 0.2) is 101 Å². The number of aryl methyl sites for hydroxylation is 1. The second-order valence-corrected chi connectivity index (χ2v) is 8.63. The number of likely N-dealkylation sites (tertiary alicyclic amines) is 1. The standard InChI is InChI=1S/C29H24N2O5/c1-19-4-2-5-21(16-19)18-36-23-9-7-22(8-10-23)27(32)25-26(24-6-3-15-35-24)31(29(34)28(25)33)17-20-11-13-30-14-12-20/h2-16,26,32H,17-18H2,1H3. The van der Waals surface area contributed by atoms with E-state index < -0.39 is 23.5 Å². The predicted molar refractivity (Wildman–Crippen MR) is 129 cm³/mol. The normalized spacial score (nSPS) is 16.9. The number of hydrogen-bond donors (Lipinski definition) is 0. The van der Waals surface area contributed by atoms with E-state index in [0.717, 1.165) is 16.7 Å². The van der Waals surface area contributed by atoms with Gasteiger partial charge in [-0.05, 0) is 47.9 Å². The van der Waals surface area contributed by atoms with Crippen LogP contribution < -0.4 is 14.8 Å². The van der Waals surface area contributed by atoms with Gasteiger partial charge in [0.15, 0.2) is 12.4 Å². The van der Waals surface area contributed by atoms with E-state index in [0.29, 0.717) is 23.7 Å². The molecule has 1 aliphatic heterocycles. The average molecular weight is 481 g/mol. The summed E-state index contributed by atoms with van der Waals surface area (Å²) in [6.07, 6.45) is 4.93. The van der Waals surface area contributed by atoms with Gasteiger partial charge in [-0.15, -0.1) is 0 Å². The Hall–Kier alpha value is -4.65. The van der Waals surface area contributed by atoms with E-state index in [1.54, 1.807) is 48.8 Å². The van der Waals surface area contributed by atoms with Crippen molar-refractivity contribution in [2.75, 3.05) is 0 Å². The van der Waals surface area contributed by atoms with E-state index >= 15 is 0 Å². The highest BCUT2D eigenvalue weighted by Gasteiger charge is 2.45. The molecule has 5 rings (SSSR count). The minimum atomic E-state index is -0.908. The summed E-state index contributed by atoms with van der Waals surface area (Å²) >= 11 is 0. The molecule has 1 amide bonds. The first-order chi connectivity index (χ1) is 17.5. The van der Waals surface area contributed by atoms with Crippen LogP contribution in [0.3, 0.4) is 0 Å². The molecule has 1 unspecified atom stereocenters. The van der Waals surface area contributed by atoms with E-state index in [2.05, 4.69) is 4.98 Å². The monoisotopic (exact) mass is 480 g/mol. The van der Waals surface area contributed by atoms with Gasteiger partial charge in [-0.3, -0.25) is 9.59 Å². The van der Waals surface area contributed by atoms with Crippen molar-refractivity contribution in [3.05, 3.63) is 125 Å². The molecule has 36 heavy (non-hydrogen) atoms. The zero-order valence-electron chi connectivity index (χ0n) is 19.6. The number of rotatable bonds is 7. The zero-order valence-corrected chi connectivity index (χ0v) is 19.6. The summed E-state index contributed by atoms with van der Waals surface area (Å²) in [5.41, 5.74) is 3.18. The number of Topliss-reactive ketones (excluding diaryl/α,β-unsaturated/α-hetero) is 1. The summed E-state index contributed by atoms with van der Waals surface area (Å²) < 4.78 is 11.4. The number of aromatic nitrogens is 1. The molecule has 1 fully saturated rings. The third kappa shape index (κ3) is 4.63. The molecule has 1 N–H and O–H groups in total. The number of ether oxygens (including phenoxy) is 1. The molecule has 1 aliphatic rings. The molecule has 0 saturated carbocycles. The van der Waals surface area contributed by atoms with Gasteiger partial charge >= 0.3 is 0 Å². The quantitative estimate of drug-likeness (QED) is 0.229. The molecule has 1 saturated heterocycles. The van der Waals surface area contributed by atoms with E-state index in [-0.39, 0.29) is 12.1 Å². The number of furan rings is 1. The van der Waals surface area contributed by atoms with E-state index in [9.17, 15) is 14.7 Å². The maximum absolute atomic E-state index is 13.5. The fourth-order valence-corrected chi connectivity index (χ4v) is 4.33. The number of nitrogens with one attached hydrogen (secondary N) is 1. The zero-order chi connectivity index (χ0) is 25.1. The van der Waals surface area contributed by atoms with Crippen molar-refractivity contribution in [3.8, 4) is 5.75 Å². The van der Waals surface area contributed by atoms with Crippen LogP contribution in [0.4, 0.5) is 0 Å². The van der Waals surface area contributed by atoms with Crippen LogP contribution in [0.1, 0.15) is 34.1 Å².